The van der Waals surface area contributed by atoms with Gasteiger partial charge in [0.15, 0.2) is 0 Å². The standard InChI is InChI=1S/C24H26N4O5/c1-5-33-23(31)17-12-18(15-9-10-15)25-21-20(17)22(30)28(24(32)27(21)4)13-19(29)26(3)16-8-6-7-14(2)11-16/h6-8,11-12,15H,5,9-10,13H2,1-4H3. The van der Waals surface area contributed by atoms with Gasteiger partial charge in [-0.1, -0.05) is 12.1 Å². The van der Waals surface area contributed by atoms with E-state index < -0.39 is 29.7 Å². The summed E-state index contributed by atoms with van der Waals surface area (Å²) in [5.41, 5.74) is 1.06. The Bertz CT molecular complexity index is 1380. The number of hydrogen-bond donors (Lipinski definition) is 0. The molecule has 0 saturated heterocycles. The number of ether oxygens (including phenoxy) is 1. The van der Waals surface area contributed by atoms with Crippen LogP contribution >= 0.6 is 0 Å². The maximum atomic E-state index is 13.4. The van der Waals surface area contributed by atoms with Gasteiger partial charge in [0, 0.05) is 31.4 Å². The van der Waals surface area contributed by atoms with Crippen molar-refractivity contribution < 1.29 is 14.3 Å². The Kier molecular flexibility index (Phi) is 5.88. The van der Waals surface area contributed by atoms with E-state index >= 15 is 0 Å². The van der Waals surface area contributed by atoms with E-state index in [0.29, 0.717) is 11.4 Å². The third kappa shape index (κ3) is 4.18. The Balaban J connectivity index is 1.84. The highest BCUT2D eigenvalue weighted by molar-refractivity contribution is 6.02. The lowest BCUT2D eigenvalue weighted by Crippen LogP contribution is -2.44. The summed E-state index contributed by atoms with van der Waals surface area (Å²) >= 11 is 0. The lowest BCUT2D eigenvalue weighted by Gasteiger charge is -2.19. The van der Waals surface area contributed by atoms with E-state index in [-0.39, 0.29) is 29.1 Å². The van der Waals surface area contributed by atoms with Gasteiger partial charge in [-0.15, -0.1) is 0 Å². The summed E-state index contributed by atoms with van der Waals surface area (Å²) in [6.45, 7) is 3.25. The van der Waals surface area contributed by atoms with Crippen molar-refractivity contribution in [2.24, 2.45) is 7.05 Å². The predicted molar refractivity (Wildman–Crippen MR) is 124 cm³/mol. The molecule has 172 valence electrons. The van der Waals surface area contributed by atoms with Crippen molar-refractivity contribution in [3.63, 3.8) is 0 Å². The molecule has 0 atom stereocenters. The third-order valence-electron chi connectivity index (χ3n) is 5.86. The Morgan fingerprint density at radius 3 is 2.58 bits per heavy atom. The summed E-state index contributed by atoms with van der Waals surface area (Å²) in [5.74, 6) is -0.902. The molecule has 1 amide bonds. The quantitative estimate of drug-likeness (QED) is 0.533. The molecule has 1 aliphatic rings. The van der Waals surface area contributed by atoms with E-state index in [1.807, 2.05) is 25.1 Å². The summed E-state index contributed by atoms with van der Waals surface area (Å²) in [5, 5.41) is -0.0223. The first-order valence-corrected chi connectivity index (χ1v) is 10.9. The van der Waals surface area contributed by atoms with E-state index in [1.165, 1.54) is 16.5 Å². The highest BCUT2D eigenvalue weighted by Gasteiger charge is 2.29. The third-order valence-corrected chi connectivity index (χ3v) is 5.86. The van der Waals surface area contributed by atoms with Gasteiger partial charge in [0.05, 0.1) is 17.6 Å². The van der Waals surface area contributed by atoms with Gasteiger partial charge in [-0.25, -0.2) is 14.6 Å². The maximum Gasteiger partial charge on any atom is 0.339 e. The minimum absolute atomic E-state index is 0.0223. The first-order valence-electron chi connectivity index (χ1n) is 10.9. The zero-order valence-corrected chi connectivity index (χ0v) is 19.1. The minimum atomic E-state index is -0.739. The summed E-state index contributed by atoms with van der Waals surface area (Å²) < 4.78 is 7.23. The summed E-state index contributed by atoms with van der Waals surface area (Å²) in [7, 11) is 3.06. The summed E-state index contributed by atoms with van der Waals surface area (Å²) in [4.78, 5) is 58.0. The monoisotopic (exact) mass is 450 g/mol. The van der Waals surface area contributed by atoms with Gasteiger partial charge in [-0.2, -0.15) is 0 Å². The number of carbonyl (C=O) groups is 2. The van der Waals surface area contributed by atoms with Crippen LogP contribution in [-0.4, -0.2) is 39.6 Å². The molecule has 0 N–H and O–H groups in total. The van der Waals surface area contributed by atoms with Crippen LogP contribution in [0.2, 0.25) is 0 Å². The van der Waals surface area contributed by atoms with Gasteiger partial charge < -0.3 is 9.64 Å². The second kappa shape index (κ2) is 8.65. The number of hydrogen-bond acceptors (Lipinski definition) is 6. The fraction of sp³-hybridized carbons (Fsp3) is 0.375. The van der Waals surface area contributed by atoms with Crippen LogP contribution in [0.1, 0.15) is 47.3 Å². The van der Waals surface area contributed by atoms with Crippen LogP contribution in [0.15, 0.2) is 39.9 Å². The number of aromatic nitrogens is 3. The molecule has 9 heteroatoms. The highest BCUT2D eigenvalue weighted by atomic mass is 16.5. The number of anilines is 1. The van der Waals surface area contributed by atoms with Crippen LogP contribution in [-0.2, 0) is 23.1 Å². The van der Waals surface area contributed by atoms with E-state index in [4.69, 9.17) is 4.74 Å². The maximum absolute atomic E-state index is 13.4. The van der Waals surface area contributed by atoms with Crippen molar-refractivity contribution in [3.8, 4) is 0 Å². The molecular weight excluding hydrogens is 424 g/mol. The number of fused-ring (bicyclic) bond motifs is 1. The van der Waals surface area contributed by atoms with Gasteiger partial charge >= 0.3 is 11.7 Å². The van der Waals surface area contributed by atoms with Crippen molar-refractivity contribution in [3.05, 3.63) is 68.0 Å². The van der Waals surface area contributed by atoms with Crippen molar-refractivity contribution in [1.82, 2.24) is 14.1 Å². The molecule has 33 heavy (non-hydrogen) atoms. The molecule has 3 aromatic rings. The molecule has 9 nitrogen and oxygen atoms in total. The number of nitrogens with zero attached hydrogens (tertiary/aromatic N) is 4. The molecule has 2 aromatic heterocycles. The molecule has 0 aliphatic heterocycles. The topological polar surface area (TPSA) is 104 Å². The number of rotatable bonds is 6. The van der Waals surface area contributed by atoms with Crippen LogP contribution in [0.3, 0.4) is 0 Å². The Hall–Kier alpha value is -3.75. The molecule has 2 heterocycles. The van der Waals surface area contributed by atoms with Crippen molar-refractivity contribution >= 4 is 28.6 Å². The molecule has 0 unspecified atom stereocenters. The van der Waals surface area contributed by atoms with E-state index in [9.17, 15) is 19.2 Å². The first kappa shape index (κ1) is 22.4. The largest absolute Gasteiger partial charge is 0.462 e. The van der Waals surface area contributed by atoms with Crippen molar-refractivity contribution in [2.75, 3.05) is 18.6 Å². The van der Waals surface area contributed by atoms with Gasteiger partial charge in [0.2, 0.25) is 5.91 Å². The van der Waals surface area contributed by atoms with Crippen LogP contribution < -0.4 is 16.1 Å². The van der Waals surface area contributed by atoms with E-state index in [0.717, 1.165) is 23.0 Å². The zero-order valence-electron chi connectivity index (χ0n) is 19.1. The van der Waals surface area contributed by atoms with Crippen LogP contribution in [0.5, 0.6) is 0 Å². The van der Waals surface area contributed by atoms with Crippen LogP contribution in [0, 0.1) is 6.92 Å². The van der Waals surface area contributed by atoms with Gasteiger partial charge in [0.25, 0.3) is 5.56 Å². The fourth-order valence-electron chi connectivity index (χ4n) is 3.82. The molecule has 4 rings (SSSR count). The smallest absolute Gasteiger partial charge is 0.339 e. The van der Waals surface area contributed by atoms with Gasteiger partial charge in [-0.05, 0) is 50.5 Å². The number of likely N-dealkylation sites (N-methyl/N-ethyl adjacent to an activating group) is 1. The van der Waals surface area contributed by atoms with E-state index in [2.05, 4.69) is 4.98 Å². The van der Waals surface area contributed by atoms with Gasteiger partial charge in [-0.3, -0.25) is 18.7 Å². The fourth-order valence-corrected chi connectivity index (χ4v) is 3.82. The average molecular weight is 450 g/mol. The first-order chi connectivity index (χ1) is 15.7. The van der Waals surface area contributed by atoms with Crippen molar-refractivity contribution in [2.45, 2.75) is 39.2 Å². The van der Waals surface area contributed by atoms with Gasteiger partial charge in [0.1, 0.15) is 12.2 Å². The predicted octanol–water partition coefficient (Wildman–Crippen LogP) is 2.12. The summed E-state index contributed by atoms with van der Waals surface area (Å²) in [6.07, 6.45) is 1.87. The van der Waals surface area contributed by atoms with Crippen LogP contribution in [0.4, 0.5) is 5.69 Å². The molecule has 1 aromatic carbocycles. The average Bonchev–Trinajstić information content (AvgIpc) is 3.64. The number of benzene rings is 1. The van der Waals surface area contributed by atoms with E-state index in [1.54, 1.807) is 26.1 Å². The van der Waals surface area contributed by atoms with Crippen LogP contribution in [0.25, 0.3) is 11.0 Å². The number of carbonyl (C=O) groups excluding carboxylic acids is 2. The summed E-state index contributed by atoms with van der Waals surface area (Å²) in [6, 6.07) is 8.92. The Morgan fingerprint density at radius 1 is 1.21 bits per heavy atom. The number of aryl methyl sites for hydroxylation is 2. The zero-order chi connectivity index (χ0) is 23.9. The van der Waals surface area contributed by atoms with Crippen molar-refractivity contribution in [1.29, 1.82) is 0 Å². The lowest BCUT2D eigenvalue weighted by atomic mass is 10.1. The molecule has 0 bridgehead atoms. The molecule has 1 fully saturated rings. The number of amides is 1. The molecule has 0 spiro atoms. The number of esters is 1. The highest BCUT2D eigenvalue weighted by Crippen LogP contribution is 2.40. The molecular formula is C24H26N4O5. The second-order valence-electron chi connectivity index (χ2n) is 8.31. The second-order valence-corrected chi connectivity index (χ2v) is 8.31. The Morgan fingerprint density at radius 2 is 1.94 bits per heavy atom. The number of pyridine rings is 1. The molecule has 1 saturated carbocycles. The SMILES string of the molecule is CCOC(=O)c1cc(C2CC2)nc2c1c(=O)n(CC(=O)N(C)c1cccc(C)c1)c(=O)n2C. The molecule has 0 radical (unpaired) electrons. The normalized spacial score (nSPS) is 13.2. The molecule has 1 aliphatic carbocycles. The lowest BCUT2D eigenvalue weighted by molar-refractivity contribution is -0.119. The Labute approximate surface area is 190 Å². The minimum Gasteiger partial charge on any atom is -0.462 e.